The summed E-state index contributed by atoms with van der Waals surface area (Å²) < 4.78 is 11.3. The fraction of sp³-hybridized carbons (Fsp3) is 0.222. The molecule has 0 aliphatic rings. The zero-order valence-corrected chi connectivity index (χ0v) is 14.3. The standard InChI is InChI=1S/C18H20N2O3S/c1-24(23)13-14-6-5-9-16(12-14)18(22)20-11-10-19-17(21)15-7-3-2-4-8-15/h2-9,12H,10-11,13H2,1H3,(H,19,21)(H,20,22). The topological polar surface area (TPSA) is 75.3 Å². The van der Waals surface area contributed by atoms with Gasteiger partial charge in [0.2, 0.25) is 0 Å². The predicted octanol–water partition coefficient (Wildman–Crippen LogP) is 1.72. The molecule has 2 aromatic rings. The molecule has 2 rings (SSSR count). The SMILES string of the molecule is CS(=O)Cc1cccc(C(=O)NCCNC(=O)c2ccccc2)c1. The highest BCUT2D eigenvalue weighted by atomic mass is 32.2. The molecular weight excluding hydrogens is 324 g/mol. The number of nitrogens with one attached hydrogen (secondary N) is 2. The molecule has 0 aliphatic heterocycles. The molecule has 0 fully saturated rings. The van der Waals surface area contributed by atoms with E-state index >= 15 is 0 Å². The molecule has 6 heteroatoms. The largest absolute Gasteiger partial charge is 0.350 e. The number of hydrogen-bond acceptors (Lipinski definition) is 3. The Morgan fingerprint density at radius 1 is 0.875 bits per heavy atom. The van der Waals surface area contributed by atoms with Crippen LogP contribution in [-0.2, 0) is 16.6 Å². The summed E-state index contributed by atoms with van der Waals surface area (Å²) in [6, 6.07) is 16.0. The number of carbonyl (C=O) groups excluding carboxylic acids is 2. The highest BCUT2D eigenvalue weighted by Gasteiger charge is 2.07. The molecular formula is C18H20N2O3S. The lowest BCUT2D eigenvalue weighted by molar-refractivity contribution is 0.0927. The van der Waals surface area contributed by atoms with Crippen molar-refractivity contribution in [2.24, 2.45) is 0 Å². The van der Waals surface area contributed by atoms with Crippen molar-refractivity contribution in [2.75, 3.05) is 19.3 Å². The Kier molecular flexibility index (Phi) is 6.69. The van der Waals surface area contributed by atoms with Crippen LogP contribution in [0.3, 0.4) is 0 Å². The molecule has 24 heavy (non-hydrogen) atoms. The lowest BCUT2D eigenvalue weighted by Crippen LogP contribution is -2.34. The third kappa shape index (κ3) is 5.62. The quantitative estimate of drug-likeness (QED) is 0.751. The van der Waals surface area contributed by atoms with Crippen LogP contribution in [0.25, 0.3) is 0 Å². The molecule has 0 aliphatic carbocycles. The van der Waals surface area contributed by atoms with E-state index in [-0.39, 0.29) is 11.8 Å². The summed E-state index contributed by atoms with van der Waals surface area (Å²) in [7, 11) is -0.948. The number of rotatable bonds is 7. The molecule has 0 bridgehead atoms. The van der Waals surface area contributed by atoms with E-state index in [1.54, 1.807) is 48.7 Å². The highest BCUT2D eigenvalue weighted by molar-refractivity contribution is 7.83. The van der Waals surface area contributed by atoms with Crippen LogP contribution in [0.2, 0.25) is 0 Å². The first kappa shape index (κ1) is 17.9. The maximum atomic E-state index is 12.1. The monoisotopic (exact) mass is 344 g/mol. The first-order chi connectivity index (χ1) is 11.6. The van der Waals surface area contributed by atoms with Gasteiger partial charge in [0.1, 0.15) is 0 Å². The smallest absolute Gasteiger partial charge is 0.251 e. The fourth-order valence-electron chi connectivity index (χ4n) is 2.18. The molecule has 1 unspecified atom stereocenters. The van der Waals surface area contributed by atoms with Crippen molar-refractivity contribution >= 4 is 22.6 Å². The molecule has 5 nitrogen and oxygen atoms in total. The summed E-state index contributed by atoms with van der Waals surface area (Å²) in [5, 5.41) is 5.51. The lowest BCUT2D eigenvalue weighted by atomic mass is 10.1. The van der Waals surface area contributed by atoms with Gasteiger partial charge in [0.05, 0.1) is 0 Å². The summed E-state index contributed by atoms with van der Waals surface area (Å²) >= 11 is 0. The second kappa shape index (κ2) is 8.98. The van der Waals surface area contributed by atoms with Gasteiger partial charge in [-0.25, -0.2) is 0 Å². The van der Waals surface area contributed by atoms with Gasteiger partial charge < -0.3 is 10.6 Å². The maximum absolute atomic E-state index is 12.1. The summed E-state index contributed by atoms with van der Waals surface area (Å²) in [6.45, 7) is 0.680. The van der Waals surface area contributed by atoms with E-state index in [0.717, 1.165) is 5.56 Å². The molecule has 126 valence electrons. The van der Waals surface area contributed by atoms with Crippen molar-refractivity contribution in [2.45, 2.75) is 5.75 Å². The van der Waals surface area contributed by atoms with Crippen molar-refractivity contribution in [1.29, 1.82) is 0 Å². The van der Waals surface area contributed by atoms with Crippen molar-refractivity contribution < 1.29 is 13.8 Å². The van der Waals surface area contributed by atoms with E-state index in [1.807, 2.05) is 12.1 Å². The average molecular weight is 344 g/mol. The van der Waals surface area contributed by atoms with Gasteiger partial charge in [0.25, 0.3) is 11.8 Å². The van der Waals surface area contributed by atoms with E-state index in [4.69, 9.17) is 0 Å². The Bertz CT molecular complexity index is 732. The molecule has 1 atom stereocenters. The number of benzene rings is 2. The van der Waals surface area contributed by atoms with E-state index in [2.05, 4.69) is 10.6 Å². The minimum atomic E-state index is -0.948. The molecule has 0 saturated heterocycles. The molecule has 2 aromatic carbocycles. The van der Waals surface area contributed by atoms with Crippen LogP contribution in [0, 0.1) is 0 Å². The van der Waals surface area contributed by atoms with E-state index < -0.39 is 10.8 Å². The normalized spacial score (nSPS) is 11.5. The van der Waals surface area contributed by atoms with E-state index in [9.17, 15) is 13.8 Å². The Labute approximate surface area is 143 Å². The summed E-state index contributed by atoms with van der Waals surface area (Å²) in [5.41, 5.74) is 1.97. The van der Waals surface area contributed by atoms with Crippen LogP contribution in [-0.4, -0.2) is 35.4 Å². The lowest BCUT2D eigenvalue weighted by Gasteiger charge is -2.08. The zero-order valence-electron chi connectivity index (χ0n) is 13.5. The Hall–Kier alpha value is -2.47. The summed E-state index contributed by atoms with van der Waals surface area (Å²) in [4.78, 5) is 24.0. The fourth-order valence-corrected chi connectivity index (χ4v) is 2.83. The van der Waals surface area contributed by atoms with Crippen molar-refractivity contribution in [3.8, 4) is 0 Å². The highest BCUT2D eigenvalue weighted by Crippen LogP contribution is 2.07. The molecule has 0 spiro atoms. The molecule has 0 radical (unpaired) electrons. The molecule has 2 amide bonds. The average Bonchev–Trinajstić information content (AvgIpc) is 2.58. The number of amides is 2. The zero-order chi connectivity index (χ0) is 17.4. The third-order valence-corrected chi connectivity index (χ3v) is 4.03. The number of hydrogen-bond donors (Lipinski definition) is 2. The van der Waals surface area contributed by atoms with Gasteiger partial charge in [0, 0.05) is 47.0 Å². The summed E-state index contributed by atoms with van der Waals surface area (Å²) in [6.07, 6.45) is 1.63. The first-order valence-corrected chi connectivity index (χ1v) is 9.29. The minimum absolute atomic E-state index is 0.169. The van der Waals surface area contributed by atoms with Crippen molar-refractivity contribution in [3.63, 3.8) is 0 Å². The second-order valence-corrected chi connectivity index (χ2v) is 6.73. The van der Waals surface area contributed by atoms with Crippen LogP contribution >= 0.6 is 0 Å². The van der Waals surface area contributed by atoms with E-state index in [1.165, 1.54) is 0 Å². The molecule has 2 N–H and O–H groups in total. The second-order valence-electron chi connectivity index (χ2n) is 5.30. The predicted molar refractivity (Wildman–Crippen MR) is 95.3 cm³/mol. The van der Waals surface area contributed by atoms with Crippen LogP contribution in [0.1, 0.15) is 26.3 Å². The van der Waals surface area contributed by atoms with Gasteiger partial charge in [0.15, 0.2) is 0 Å². The van der Waals surface area contributed by atoms with Crippen molar-refractivity contribution in [1.82, 2.24) is 10.6 Å². The van der Waals surface area contributed by atoms with Crippen molar-refractivity contribution in [3.05, 3.63) is 71.3 Å². The van der Waals surface area contributed by atoms with Gasteiger partial charge in [-0.15, -0.1) is 0 Å². The molecule has 0 saturated carbocycles. The maximum Gasteiger partial charge on any atom is 0.251 e. The number of carbonyl (C=O) groups is 2. The van der Waals surface area contributed by atoms with Gasteiger partial charge >= 0.3 is 0 Å². The third-order valence-electron chi connectivity index (χ3n) is 3.29. The molecule has 0 aromatic heterocycles. The van der Waals surface area contributed by atoms with Crippen LogP contribution in [0.15, 0.2) is 54.6 Å². The Morgan fingerprint density at radius 3 is 2.08 bits per heavy atom. The van der Waals surface area contributed by atoms with Gasteiger partial charge in [-0.1, -0.05) is 30.3 Å². The van der Waals surface area contributed by atoms with E-state index in [0.29, 0.717) is 30.0 Å². The van der Waals surface area contributed by atoms with Gasteiger partial charge in [-0.05, 0) is 29.8 Å². The van der Waals surface area contributed by atoms with Gasteiger partial charge in [-0.3, -0.25) is 13.8 Å². The first-order valence-electron chi connectivity index (χ1n) is 7.56. The molecule has 0 heterocycles. The van der Waals surface area contributed by atoms with Gasteiger partial charge in [-0.2, -0.15) is 0 Å². The van der Waals surface area contributed by atoms with Crippen LogP contribution in [0.5, 0.6) is 0 Å². The Balaban J connectivity index is 1.79. The minimum Gasteiger partial charge on any atom is -0.350 e. The van der Waals surface area contributed by atoms with Crippen LogP contribution in [0.4, 0.5) is 0 Å². The van der Waals surface area contributed by atoms with Crippen LogP contribution < -0.4 is 10.6 Å². The Morgan fingerprint density at radius 2 is 1.46 bits per heavy atom. The summed E-state index contributed by atoms with van der Waals surface area (Å²) in [5.74, 6) is 0.0406.